The molecule has 0 aliphatic heterocycles. The van der Waals surface area contributed by atoms with Crippen molar-refractivity contribution in [2.24, 2.45) is 0 Å². The highest BCUT2D eigenvalue weighted by Crippen LogP contribution is 2.38. The molecular weight excluding hydrogens is 355 g/mol. The predicted molar refractivity (Wildman–Crippen MR) is 89.7 cm³/mol. The van der Waals surface area contributed by atoms with Crippen LogP contribution in [-0.4, -0.2) is 10.9 Å². The minimum atomic E-state index is -4.60. The summed E-state index contributed by atoms with van der Waals surface area (Å²) in [5.74, 6) is 0. The maximum absolute atomic E-state index is 13.1. The number of hydrogen-bond acceptors (Lipinski definition) is 2. The van der Waals surface area contributed by atoms with Crippen molar-refractivity contribution in [2.45, 2.75) is 12.7 Å². The molecule has 3 rings (SSSR count). The molecule has 0 atom stereocenters. The van der Waals surface area contributed by atoms with E-state index >= 15 is 0 Å². The van der Waals surface area contributed by atoms with Gasteiger partial charge in [-0.3, -0.25) is 4.79 Å². The van der Waals surface area contributed by atoms with Crippen LogP contribution in [-0.2, 0) is 17.5 Å². The van der Waals surface area contributed by atoms with Crippen LogP contribution >= 0.6 is 11.6 Å². The Morgan fingerprint density at radius 1 is 1.12 bits per heavy atom. The first-order chi connectivity index (χ1) is 11.8. The number of pyridine rings is 1. The van der Waals surface area contributed by atoms with Crippen LogP contribution in [0.1, 0.15) is 5.56 Å². The van der Waals surface area contributed by atoms with E-state index < -0.39 is 22.3 Å². The van der Waals surface area contributed by atoms with Crippen LogP contribution in [0.4, 0.5) is 13.2 Å². The molecule has 0 N–H and O–H groups in total. The molecule has 0 aliphatic rings. The molecule has 0 fully saturated rings. The smallest absolute Gasteiger partial charge is 0.308 e. The van der Waals surface area contributed by atoms with Crippen molar-refractivity contribution in [1.82, 2.24) is 4.57 Å². The zero-order chi connectivity index (χ0) is 18.2. The van der Waals surface area contributed by atoms with Gasteiger partial charge in [0.05, 0.1) is 22.5 Å². The maximum atomic E-state index is 13.1. The van der Waals surface area contributed by atoms with E-state index in [1.54, 1.807) is 24.3 Å². The maximum Gasteiger partial charge on any atom is 0.417 e. The Morgan fingerprint density at radius 2 is 1.88 bits per heavy atom. The van der Waals surface area contributed by atoms with E-state index in [2.05, 4.69) is 0 Å². The Hall–Kier alpha value is -2.60. The molecule has 0 bridgehead atoms. The van der Waals surface area contributed by atoms with Gasteiger partial charge >= 0.3 is 6.18 Å². The number of hydrogen-bond donors (Lipinski definition) is 0. The molecule has 2 aromatic carbocycles. The van der Waals surface area contributed by atoms with Crippen molar-refractivity contribution in [2.75, 3.05) is 0 Å². The summed E-state index contributed by atoms with van der Waals surface area (Å²) in [7, 11) is 0. The molecule has 0 saturated heterocycles. The topological polar surface area (TPSA) is 39.1 Å². The lowest BCUT2D eigenvalue weighted by Crippen LogP contribution is -2.20. The third-order valence-electron chi connectivity index (χ3n) is 3.86. The summed E-state index contributed by atoms with van der Waals surface area (Å²) in [6, 6.07) is 10.1. The van der Waals surface area contributed by atoms with Gasteiger partial charge in [-0.25, -0.2) is 0 Å². The molecular formula is C18H11ClF3NO2. The van der Waals surface area contributed by atoms with Gasteiger partial charge in [-0.2, -0.15) is 13.2 Å². The Labute approximate surface area is 145 Å². The molecule has 0 amide bonds. The molecule has 3 aromatic rings. The molecule has 0 saturated carbocycles. The number of benzene rings is 2. The summed E-state index contributed by atoms with van der Waals surface area (Å²) in [6.45, 7) is -0.127. The van der Waals surface area contributed by atoms with Gasteiger partial charge in [0, 0.05) is 6.20 Å². The van der Waals surface area contributed by atoms with E-state index in [1.165, 1.54) is 16.8 Å². The first-order valence-corrected chi connectivity index (χ1v) is 7.63. The van der Waals surface area contributed by atoms with Crippen molar-refractivity contribution >= 4 is 28.7 Å². The number of aromatic nitrogens is 1. The van der Waals surface area contributed by atoms with Crippen LogP contribution in [0.5, 0.6) is 0 Å². The third kappa shape index (κ3) is 3.17. The van der Waals surface area contributed by atoms with Gasteiger partial charge < -0.3 is 9.36 Å². The van der Waals surface area contributed by atoms with Gasteiger partial charge in [0.2, 0.25) is 0 Å². The van der Waals surface area contributed by atoms with Gasteiger partial charge in [-0.15, -0.1) is 0 Å². The molecule has 1 aromatic heterocycles. The van der Waals surface area contributed by atoms with E-state index in [0.29, 0.717) is 17.2 Å². The number of aldehydes is 1. The standard InChI is InChI=1S/C18H11ClF3NO2/c19-15-5-4-12(10-14(15)18(20,21)22)13-3-1-2-11-6-7-23(8-9-24)17(25)16(11)13/h1-7,9-10H,8H2. The van der Waals surface area contributed by atoms with Crippen LogP contribution in [0, 0.1) is 0 Å². The number of alkyl halides is 3. The lowest BCUT2D eigenvalue weighted by Gasteiger charge is -2.13. The summed E-state index contributed by atoms with van der Waals surface area (Å²) in [5, 5.41) is 0.422. The average Bonchev–Trinajstić information content (AvgIpc) is 2.56. The normalized spacial score (nSPS) is 11.7. The summed E-state index contributed by atoms with van der Waals surface area (Å²) < 4.78 is 40.5. The summed E-state index contributed by atoms with van der Waals surface area (Å²) in [5.41, 5.74) is -0.829. The fraction of sp³-hybridized carbons (Fsp3) is 0.111. The van der Waals surface area contributed by atoms with Crippen LogP contribution in [0.3, 0.4) is 0 Å². The molecule has 0 aliphatic carbocycles. The number of rotatable bonds is 3. The largest absolute Gasteiger partial charge is 0.417 e. The lowest BCUT2D eigenvalue weighted by atomic mass is 9.97. The number of nitrogens with zero attached hydrogens (tertiary/aromatic N) is 1. The highest BCUT2D eigenvalue weighted by molar-refractivity contribution is 6.31. The predicted octanol–water partition coefficient (Wildman–Crippen LogP) is 4.54. The van der Waals surface area contributed by atoms with Crippen molar-refractivity contribution in [1.29, 1.82) is 0 Å². The second-order valence-electron chi connectivity index (χ2n) is 5.40. The van der Waals surface area contributed by atoms with Crippen molar-refractivity contribution in [3.63, 3.8) is 0 Å². The number of fused-ring (bicyclic) bond motifs is 1. The van der Waals surface area contributed by atoms with E-state index in [0.717, 1.165) is 12.1 Å². The Kier molecular flexibility index (Phi) is 4.39. The molecule has 25 heavy (non-hydrogen) atoms. The zero-order valence-electron chi connectivity index (χ0n) is 12.7. The molecule has 0 unspecified atom stereocenters. The first kappa shape index (κ1) is 17.2. The molecule has 7 heteroatoms. The van der Waals surface area contributed by atoms with E-state index in [-0.39, 0.29) is 17.5 Å². The second-order valence-corrected chi connectivity index (χ2v) is 5.81. The Balaban J connectivity index is 2.31. The fourth-order valence-electron chi connectivity index (χ4n) is 2.70. The zero-order valence-corrected chi connectivity index (χ0v) is 13.4. The quantitative estimate of drug-likeness (QED) is 0.639. The number of halogens is 4. The highest BCUT2D eigenvalue weighted by Gasteiger charge is 2.33. The minimum Gasteiger partial charge on any atom is -0.308 e. The Morgan fingerprint density at radius 3 is 2.56 bits per heavy atom. The number of carbonyl (C=O) groups excluding carboxylic acids is 1. The van der Waals surface area contributed by atoms with Crippen LogP contribution < -0.4 is 5.56 Å². The SMILES string of the molecule is O=CCn1ccc2cccc(-c3ccc(Cl)c(C(F)(F)F)c3)c2c1=O. The van der Waals surface area contributed by atoms with Gasteiger partial charge in [-0.05, 0) is 34.7 Å². The van der Waals surface area contributed by atoms with Crippen molar-refractivity contribution in [3.05, 3.63) is 69.6 Å². The van der Waals surface area contributed by atoms with Crippen LogP contribution in [0.25, 0.3) is 21.9 Å². The molecule has 0 radical (unpaired) electrons. The van der Waals surface area contributed by atoms with E-state index in [4.69, 9.17) is 11.6 Å². The fourth-order valence-corrected chi connectivity index (χ4v) is 2.93. The van der Waals surface area contributed by atoms with Gasteiger partial charge in [0.15, 0.2) is 0 Å². The first-order valence-electron chi connectivity index (χ1n) is 7.26. The molecule has 128 valence electrons. The average molecular weight is 366 g/mol. The molecule has 3 nitrogen and oxygen atoms in total. The van der Waals surface area contributed by atoms with Crippen LogP contribution in [0.15, 0.2) is 53.5 Å². The summed E-state index contributed by atoms with van der Waals surface area (Å²) in [6.07, 6.45) is -2.54. The molecule has 0 spiro atoms. The highest BCUT2D eigenvalue weighted by atomic mass is 35.5. The third-order valence-corrected chi connectivity index (χ3v) is 4.19. The van der Waals surface area contributed by atoms with Gasteiger partial charge in [0.1, 0.15) is 6.29 Å². The van der Waals surface area contributed by atoms with E-state index in [9.17, 15) is 22.8 Å². The monoisotopic (exact) mass is 365 g/mol. The van der Waals surface area contributed by atoms with Gasteiger partial charge in [0.25, 0.3) is 5.56 Å². The minimum absolute atomic E-state index is 0.127. The van der Waals surface area contributed by atoms with Crippen molar-refractivity contribution in [3.8, 4) is 11.1 Å². The summed E-state index contributed by atoms with van der Waals surface area (Å²) >= 11 is 5.66. The van der Waals surface area contributed by atoms with Crippen molar-refractivity contribution < 1.29 is 18.0 Å². The van der Waals surface area contributed by atoms with E-state index in [1.807, 2.05) is 0 Å². The second kappa shape index (κ2) is 6.37. The Bertz CT molecular complexity index is 1020. The van der Waals surface area contributed by atoms with Gasteiger partial charge in [-0.1, -0.05) is 35.9 Å². The summed E-state index contributed by atoms with van der Waals surface area (Å²) in [4.78, 5) is 23.3. The van der Waals surface area contributed by atoms with Crippen LogP contribution in [0.2, 0.25) is 5.02 Å². The number of carbonyl (C=O) groups is 1. The lowest BCUT2D eigenvalue weighted by molar-refractivity contribution is -0.137. The molecule has 1 heterocycles.